The van der Waals surface area contributed by atoms with Gasteiger partial charge in [-0.3, -0.25) is 0 Å². The molecule has 0 aromatic heterocycles. The zero-order chi connectivity index (χ0) is 15.4. The molecule has 0 spiro atoms. The maximum atomic E-state index is 12.5. The van der Waals surface area contributed by atoms with Crippen LogP contribution in [0.5, 0.6) is 0 Å². The molecule has 0 radical (unpaired) electrons. The Bertz CT molecular complexity index is 448. The number of hydrogen-bond acceptors (Lipinski definition) is 5. The maximum Gasteiger partial charge on any atom is 0.422 e. The maximum absolute atomic E-state index is 12.5. The van der Waals surface area contributed by atoms with Crippen LogP contribution in [0.4, 0.5) is 13.2 Å². The minimum Gasteiger partial charge on any atom is -0.459 e. The van der Waals surface area contributed by atoms with E-state index in [1.54, 1.807) is 6.07 Å². The third kappa shape index (κ3) is 3.47. The van der Waals surface area contributed by atoms with E-state index in [-0.39, 0.29) is 5.56 Å². The molecule has 0 amide bonds. The van der Waals surface area contributed by atoms with Crippen LogP contribution < -0.4 is 0 Å². The first kappa shape index (κ1) is 16.4. The molecule has 20 heavy (non-hydrogen) atoms. The van der Waals surface area contributed by atoms with Crippen molar-refractivity contribution in [1.29, 1.82) is 0 Å². The molecule has 2 atom stereocenters. The zero-order valence-corrected chi connectivity index (χ0v) is 10.2. The number of rotatable bonds is 5. The molecular formula is C12H13F3O5. The number of carbonyl (C=O) groups excluding carboxylic acids is 1. The van der Waals surface area contributed by atoms with Gasteiger partial charge in [-0.25, -0.2) is 4.79 Å². The fourth-order valence-corrected chi connectivity index (χ4v) is 1.33. The van der Waals surface area contributed by atoms with Gasteiger partial charge in [0.2, 0.25) is 5.60 Å². The third-order valence-electron chi connectivity index (χ3n) is 2.66. The number of aliphatic hydroxyl groups is 3. The number of halogens is 3. The minimum atomic E-state index is -5.26. The lowest BCUT2D eigenvalue weighted by Crippen LogP contribution is -2.59. The van der Waals surface area contributed by atoms with Crippen LogP contribution in [-0.2, 0) is 4.74 Å². The second-order valence-corrected chi connectivity index (χ2v) is 4.06. The highest BCUT2D eigenvalue weighted by Crippen LogP contribution is 2.33. The molecule has 0 saturated carbocycles. The zero-order valence-electron chi connectivity index (χ0n) is 10.2. The standard InChI is InChI=1S/C12H13F3O5/c13-12(14,15)11(19,7-16)9(17)6-20-10(18)8-4-2-1-3-5-8/h1-5,9,16-17,19H,6-7H2. The lowest BCUT2D eigenvalue weighted by atomic mass is 9.97. The average Bonchev–Trinajstić information content (AvgIpc) is 2.43. The Morgan fingerprint density at radius 2 is 1.80 bits per heavy atom. The molecule has 112 valence electrons. The summed E-state index contributed by atoms with van der Waals surface area (Å²) >= 11 is 0. The lowest BCUT2D eigenvalue weighted by molar-refractivity contribution is -0.303. The highest BCUT2D eigenvalue weighted by Gasteiger charge is 2.58. The number of hydrogen-bond donors (Lipinski definition) is 3. The van der Waals surface area contributed by atoms with E-state index >= 15 is 0 Å². The molecule has 0 fully saturated rings. The molecule has 0 aliphatic carbocycles. The Balaban J connectivity index is 2.67. The smallest absolute Gasteiger partial charge is 0.422 e. The fourth-order valence-electron chi connectivity index (χ4n) is 1.33. The number of esters is 1. The van der Waals surface area contributed by atoms with Gasteiger partial charge in [-0.2, -0.15) is 13.2 Å². The van der Waals surface area contributed by atoms with Crippen molar-refractivity contribution in [2.75, 3.05) is 13.2 Å². The second kappa shape index (κ2) is 6.21. The van der Waals surface area contributed by atoms with Crippen LogP contribution in [0.15, 0.2) is 30.3 Å². The monoisotopic (exact) mass is 294 g/mol. The van der Waals surface area contributed by atoms with E-state index in [1.807, 2.05) is 0 Å². The molecule has 1 aromatic rings. The summed E-state index contributed by atoms with van der Waals surface area (Å²) in [6.45, 7) is -2.86. The molecule has 1 aromatic carbocycles. The van der Waals surface area contributed by atoms with Gasteiger partial charge < -0.3 is 20.1 Å². The van der Waals surface area contributed by atoms with Crippen molar-refractivity contribution in [3.05, 3.63) is 35.9 Å². The number of carbonyl (C=O) groups is 1. The van der Waals surface area contributed by atoms with Crippen molar-refractivity contribution in [3.8, 4) is 0 Å². The highest BCUT2D eigenvalue weighted by atomic mass is 19.4. The molecule has 0 aliphatic rings. The van der Waals surface area contributed by atoms with Gasteiger partial charge in [-0.1, -0.05) is 18.2 Å². The van der Waals surface area contributed by atoms with Crippen molar-refractivity contribution < 1.29 is 38.0 Å². The predicted octanol–water partition coefficient (Wildman–Crippen LogP) is 0.490. The van der Waals surface area contributed by atoms with Gasteiger partial charge in [0.25, 0.3) is 0 Å². The summed E-state index contributed by atoms with van der Waals surface area (Å²) in [7, 11) is 0. The SMILES string of the molecule is O=C(OCC(O)C(O)(CO)C(F)(F)F)c1ccccc1. The van der Waals surface area contributed by atoms with Crippen molar-refractivity contribution in [3.63, 3.8) is 0 Å². The van der Waals surface area contributed by atoms with Crippen LogP contribution in [0.25, 0.3) is 0 Å². The predicted molar refractivity (Wildman–Crippen MR) is 60.8 cm³/mol. The van der Waals surface area contributed by atoms with Gasteiger partial charge in [0.1, 0.15) is 12.7 Å². The van der Waals surface area contributed by atoms with E-state index in [9.17, 15) is 28.2 Å². The number of benzene rings is 1. The molecule has 0 heterocycles. The Kier molecular flexibility index (Phi) is 5.09. The quantitative estimate of drug-likeness (QED) is 0.688. The van der Waals surface area contributed by atoms with Crippen molar-refractivity contribution in [1.82, 2.24) is 0 Å². The highest BCUT2D eigenvalue weighted by molar-refractivity contribution is 5.89. The van der Waals surface area contributed by atoms with Crippen LogP contribution >= 0.6 is 0 Å². The van der Waals surface area contributed by atoms with E-state index in [0.29, 0.717) is 0 Å². The van der Waals surface area contributed by atoms with Gasteiger partial charge in [-0.05, 0) is 12.1 Å². The van der Waals surface area contributed by atoms with E-state index < -0.39 is 37.1 Å². The summed E-state index contributed by atoms with van der Waals surface area (Å²) in [5.41, 5.74) is -3.66. The van der Waals surface area contributed by atoms with Gasteiger partial charge in [0, 0.05) is 0 Å². The fraction of sp³-hybridized carbons (Fsp3) is 0.417. The first-order chi connectivity index (χ1) is 9.22. The van der Waals surface area contributed by atoms with Gasteiger partial charge in [-0.15, -0.1) is 0 Å². The van der Waals surface area contributed by atoms with Crippen LogP contribution in [0.2, 0.25) is 0 Å². The summed E-state index contributed by atoms with van der Waals surface area (Å²) in [6, 6.07) is 7.41. The molecular weight excluding hydrogens is 281 g/mol. The van der Waals surface area contributed by atoms with Gasteiger partial charge in [0.15, 0.2) is 0 Å². The average molecular weight is 294 g/mol. The first-order valence-electron chi connectivity index (χ1n) is 5.52. The first-order valence-corrected chi connectivity index (χ1v) is 5.52. The van der Waals surface area contributed by atoms with Gasteiger partial charge >= 0.3 is 12.1 Å². The molecule has 0 aliphatic heterocycles. The number of alkyl halides is 3. The van der Waals surface area contributed by atoms with E-state index in [2.05, 4.69) is 4.74 Å². The van der Waals surface area contributed by atoms with Gasteiger partial charge in [0.05, 0.1) is 12.2 Å². The lowest BCUT2D eigenvalue weighted by Gasteiger charge is -2.32. The minimum absolute atomic E-state index is 0.0826. The van der Waals surface area contributed by atoms with Crippen LogP contribution in [-0.4, -0.2) is 52.4 Å². The topological polar surface area (TPSA) is 87.0 Å². The Morgan fingerprint density at radius 3 is 2.25 bits per heavy atom. The second-order valence-electron chi connectivity index (χ2n) is 4.06. The summed E-state index contributed by atoms with van der Waals surface area (Å²) in [4.78, 5) is 11.5. The Morgan fingerprint density at radius 1 is 1.25 bits per heavy atom. The van der Waals surface area contributed by atoms with Crippen molar-refractivity contribution in [2.45, 2.75) is 17.9 Å². The summed E-state index contributed by atoms with van der Waals surface area (Å²) < 4.78 is 41.9. The van der Waals surface area contributed by atoms with Crippen molar-refractivity contribution >= 4 is 5.97 Å². The van der Waals surface area contributed by atoms with E-state index in [1.165, 1.54) is 24.3 Å². The van der Waals surface area contributed by atoms with Crippen molar-refractivity contribution in [2.24, 2.45) is 0 Å². The van der Waals surface area contributed by atoms with Crippen LogP contribution in [0.1, 0.15) is 10.4 Å². The molecule has 8 heteroatoms. The van der Waals surface area contributed by atoms with Crippen LogP contribution in [0, 0.1) is 0 Å². The summed E-state index contributed by atoms with van der Waals surface area (Å²) in [5, 5.41) is 27.1. The molecule has 1 rings (SSSR count). The van der Waals surface area contributed by atoms with E-state index in [4.69, 9.17) is 5.11 Å². The number of ether oxygens (including phenoxy) is 1. The molecule has 5 nitrogen and oxygen atoms in total. The molecule has 0 saturated heterocycles. The molecule has 2 unspecified atom stereocenters. The largest absolute Gasteiger partial charge is 0.459 e. The van der Waals surface area contributed by atoms with Crippen LogP contribution in [0.3, 0.4) is 0 Å². The normalized spacial score (nSPS) is 16.3. The number of aliphatic hydroxyl groups excluding tert-OH is 2. The third-order valence-corrected chi connectivity index (χ3v) is 2.66. The Labute approximate surface area is 112 Å². The molecule has 0 bridgehead atoms. The summed E-state index contributed by atoms with van der Waals surface area (Å²) in [5.74, 6) is -0.952. The Hall–Kier alpha value is -1.64. The summed E-state index contributed by atoms with van der Waals surface area (Å²) in [6.07, 6.45) is -7.76. The molecule has 3 N–H and O–H groups in total. The van der Waals surface area contributed by atoms with E-state index in [0.717, 1.165) is 0 Å².